The number of fused-ring (bicyclic) bond motifs is 1. The molecular formula is C21H23NO5S. The highest BCUT2D eigenvalue weighted by atomic mass is 32.2. The lowest BCUT2D eigenvalue weighted by atomic mass is 10.1. The summed E-state index contributed by atoms with van der Waals surface area (Å²) in [5.74, 6) is -0.0435. The molecule has 1 heterocycles. The topological polar surface area (TPSA) is 85.6 Å². The van der Waals surface area contributed by atoms with Crippen molar-refractivity contribution in [3.05, 3.63) is 58.8 Å². The van der Waals surface area contributed by atoms with Gasteiger partial charge in [0.15, 0.2) is 0 Å². The Labute approximate surface area is 164 Å². The number of sulfonamides is 1. The maximum absolute atomic E-state index is 12.8. The third-order valence-corrected chi connectivity index (χ3v) is 5.92. The number of aryl methyl sites for hydroxylation is 3. The average Bonchev–Trinajstić information content (AvgIpc) is 2.94. The van der Waals surface area contributed by atoms with Crippen LogP contribution in [0.3, 0.4) is 0 Å². The molecular weight excluding hydrogens is 378 g/mol. The van der Waals surface area contributed by atoms with Gasteiger partial charge in [-0.25, -0.2) is 13.2 Å². The Balaban J connectivity index is 1.99. The summed E-state index contributed by atoms with van der Waals surface area (Å²) in [6.07, 6.45) is 0.710. The second-order valence-electron chi connectivity index (χ2n) is 6.75. The zero-order valence-electron chi connectivity index (χ0n) is 16.3. The van der Waals surface area contributed by atoms with Crippen molar-refractivity contribution in [1.29, 1.82) is 0 Å². The number of furan rings is 1. The number of anilines is 1. The summed E-state index contributed by atoms with van der Waals surface area (Å²) >= 11 is 0. The second-order valence-corrected chi connectivity index (χ2v) is 8.41. The Hall–Kier alpha value is -2.80. The molecule has 0 saturated heterocycles. The van der Waals surface area contributed by atoms with E-state index in [2.05, 4.69) is 4.72 Å². The van der Waals surface area contributed by atoms with Gasteiger partial charge in [0.1, 0.15) is 16.9 Å². The third-order valence-electron chi connectivity index (χ3n) is 4.38. The van der Waals surface area contributed by atoms with Crippen LogP contribution in [-0.4, -0.2) is 21.0 Å². The number of rotatable bonds is 6. The molecule has 1 aromatic heterocycles. The predicted octanol–water partition coefficient (Wildman–Crippen LogP) is 4.73. The van der Waals surface area contributed by atoms with Gasteiger partial charge in [-0.1, -0.05) is 24.6 Å². The molecule has 0 radical (unpaired) electrons. The molecule has 0 unspecified atom stereocenters. The van der Waals surface area contributed by atoms with Crippen LogP contribution in [0.5, 0.6) is 0 Å². The molecule has 3 aromatic rings. The number of nitrogens with one attached hydrogen (secondary N) is 1. The molecule has 148 valence electrons. The highest BCUT2D eigenvalue weighted by Gasteiger charge is 2.22. The highest BCUT2D eigenvalue weighted by Crippen LogP contribution is 2.30. The van der Waals surface area contributed by atoms with Crippen LogP contribution in [0.15, 0.2) is 45.7 Å². The smallest absolute Gasteiger partial charge is 0.342 e. The summed E-state index contributed by atoms with van der Waals surface area (Å²) in [6, 6.07) is 9.99. The van der Waals surface area contributed by atoms with Gasteiger partial charge in [0.05, 0.1) is 11.5 Å². The zero-order valence-corrected chi connectivity index (χ0v) is 17.1. The summed E-state index contributed by atoms with van der Waals surface area (Å²) in [5.41, 5.74) is 2.81. The van der Waals surface area contributed by atoms with Crippen molar-refractivity contribution in [3.8, 4) is 0 Å². The van der Waals surface area contributed by atoms with Gasteiger partial charge in [0, 0.05) is 11.1 Å². The quantitative estimate of drug-likeness (QED) is 0.604. The Morgan fingerprint density at radius 2 is 1.86 bits per heavy atom. The van der Waals surface area contributed by atoms with E-state index in [1.54, 1.807) is 44.2 Å². The summed E-state index contributed by atoms with van der Waals surface area (Å²) in [6.45, 7) is 7.57. The fourth-order valence-corrected chi connectivity index (χ4v) is 4.39. The number of carbonyl (C=O) groups is 1. The van der Waals surface area contributed by atoms with Crippen LogP contribution in [0.4, 0.5) is 5.69 Å². The van der Waals surface area contributed by atoms with E-state index in [4.69, 9.17) is 9.15 Å². The number of ether oxygens (including phenoxy) is 1. The number of benzene rings is 2. The van der Waals surface area contributed by atoms with E-state index in [-0.39, 0.29) is 4.90 Å². The van der Waals surface area contributed by atoms with Gasteiger partial charge in [-0.15, -0.1) is 0 Å². The summed E-state index contributed by atoms with van der Waals surface area (Å²) in [4.78, 5) is 12.6. The monoisotopic (exact) mass is 401 g/mol. The van der Waals surface area contributed by atoms with Crippen LogP contribution >= 0.6 is 0 Å². The number of hydrogen-bond donors (Lipinski definition) is 1. The van der Waals surface area contributed by atoms with Gasteiger partial charge < -0.3 is 9.15 Å². The first-order valence-electron chi connectivity index (χ1n) is 9.03. The van der Waals surface area contributed by atoms with Crippen molar-refractivity contribution < 1.29 is 22.4 Å². The first kappa shape index (κ1) is 19.9. The molecule has 6 nitrogen and oxygen atoms in total. The van der Waals surface area contributed by atoms with Crippen molar-refractivity contribution in [2.45, 2.75) is 39.0 Å². The van der Waals surface area contributed by atoms with E-state index in [1.165, 1.54) is 0 Å². The van der Waals surface area contributed by atoms with Crippen LogP contribution in [0.25, 0.3) is 11.0 Å². The van der Waals surface area contributed by atoms with Crippen molar-refractivity contribution in [3.63, 3.8) is 0 Å². The van der Waals surface area contributed by atoms with Crippen LogP contribution < -0.4 is 4.72 Å². The van der Waals surface area contributed by atoms with Gasteiger partial charge in [-0.3, -0.25) is 4.72 Å². The molecule has 0 spiro atoms. The molecule has 2 aromatic carbocycles. The molecule has 0 amide bonds. The summed E-state index contributed by atoms with van der Waals surface area (Å²) in [5, 5.41) is 0.513. The van der Waals surface area contributed by atoms with Crippen LogP contribution in [0.1, 0.15) is 40.6 Å². The molecule has 0 saturated carbocycles. The maximum Gasteiger partial charge on any atom is 0.342 e. The largest absolute Gasteiger partial charge is 0.462 e. The lowest BCUT2D eigenvalue weighted by Gasteiger charge is -2.11. The Bertz CT molecular complexity index is 1150. The van der Waals surface area contributed by atoms with Gasteiger partial charge >= 0.3 is 5.97 Å². The van der Waals surface area contributed by atoms with E-state index in [9.17, 15) is 13.2 Å². The minimum absolute atomic E-state index is 0.212. The maximum atomic E-state index is 12.8. The van der Waals surface area contributed by atoms with Crippen LogP contribution in [-0.2, 0) is 14.8 Å². The van der Waals surface area contributed by atoms with E-state index in [0.29, 0.717) is 46.6 Å². The first-order valence-corrected chi connectivity index (χ1v) is 10.5. The minimum Gasteiger partial charge on any atom is -0.462 e. The van der Waals surface area contributed by atoms with E-state index < -0.39 is 16.0 Å². The fourth-order valence-electron chi connectivity index (χ4n) is 3.12. The Kier molecular flexibility index (Phi) is 5.47. The van der Waals surface area contributed by atoms with Crippen molar-refractivity contribution in [1.82, 2.24) is 0 Å². The molecule has 28 heavy (non-hydrogen) atoms. The molecule has 0 atom stereocenters. The standard InChI is InChI=1S/C21H23NO5S/c1-5-10-26-21(23)20-15(4)27-18-8-7-16(12-17(18)20)22-28(24,25)19-9-6-13(2)11-14(19)3/h6-9,11-12,22H,5,10H2,1-4H3. The number of carbonyl (C=O) groups excluding carboxylic acids is 1. The van der Waals surface area contributed by atoms with Gasteiger partial charge in [0.2, 0.25) is 0 Å². The normalized spacial score (nSPS) is 11.6. The molecule has 3 rings (SSSR count). The molecule has 0 aliphatic heterocycles. The molecule has 0 aliphatic rings. The fraction of sp³-hybridized carbons (Fsp3) is 0.286. The lowest BCUT2D eigenvalue weighted by Crippen LogP contribution is -2.14. The lowest BCUT2D eigenvalue weighted by molar-refractivity contribution is 0.0505. The molecule has 1 N–H and O–H groups in total. The molecule has 0 fully saturated rings. The predicted molar refractivity (Wildman–Crippen MR) is 108 cm³/mol. The van der Waals surface area contributed by atoms with Gasteiger partial charge in [0.25, 0.3) is 10.0 Å². The van der Waals surface area contributed by atoms with E-state index >= 15 is 0 Å². The average molecular weight is 401 g/mol. The molecule has 0 aliphatic carbocycles. The first-order chi connectivity index (χ1) is 13.2. The minimum atomic E-state index is -3.77. The highest BCUT2D eigenvalue weighted by molar-refractivity contribution is 7.92. The zero-order chi connectivity index (χ0) is 20.5. The Morgan fingerprint density at radius 3 is 2.54 bits per heavy atom. The van der Waals surface area contributed by atoms with Gasteiger partial charge in [-0.2, -0.15) is 0 Å². The van der Waals surface area contributed by atoms with Gasteiger partial charge in [-0.05, 0) is 57.0 Å². The number of esters is 1. The summed E-state index contributed by atoms with van der Waals surface area (Å²) < 4.78 is 39.1. The third kappa shape index (κ3) is 3.89. The SMILES string of the molecule is CCCOC(=O)c1c(C)oc2ccc(NS(=O)(=O)c3ccc(C)cc3C)cc12. The molecule has 7 heteroatoms. The van der Waals surface area contributed by atoms with Crippen molar-refractivity contribution in [2.24, 2.45) is 0 Å². The van der Waals surface area contributed by atoms with Crippen molar-refractivity contribution in [2.75, 3.05) is 11.3 Å². The van der Waals surface area contributed by atoms with E-state index in [0.717, 1.165) is 5.56 Å². The van der Waals surface area contributed by atoms with E-state index in [1.807, 2.05) is 19.9 Å². The Morgan fingerprint density at radius 1 is 1.11 bits per heavy atom. The summed E-state index contributed by atoms with van der Waals surface area (Å²) in [7, 11) is -3.77. The number of hydrogen-bond acceptors (Lipinski definition) is 5. The van der Waals surface area contributed by atoms with Crippen LogP contribution in [0.2, 0.25) is 0 Å². The second kappa shape index (κ2) is 7.67. The van der Waals surface area contributed by atoms with Crippen molar-refractivity contribution >= 4 is 32.6 Å². The molecule has 0 bridgehead atoms. The van der Waals surface area contributed by atoms with Crippen LogP contribution in [0, 0.1) is 20.8 Å².